The average Bonchev–Trinajstić information content (AvgIpc) is 3.71. The van der Waals surface area contributed by atoms with Crippen LogP contribution in [0.5, 0.6) is 0 Å². The van der Waals surface area contributed by atoms with Gasteiger partial charge in [0.15, 0.2) is 5.58 Å². The van der Waals surface area contributed by atoms with E-state index >= 15 is 0 Å². The van der Waals surface area contributed by atoms with Gasteiger partial charge in [0, 0.05) is 33.0 Å². The predicted octanol–water partition coefficient (Wildman–Crippen LogP) is 9.84. The summed E-state index contributed by atoms with van der Waals surface area (Å²) < 4.78 is 9.13. The molecule has 8 aromatic rings. The summed E-state index contributed by atoms with van der Waals surface area (Å²) in [5.74, 6) is 1.75. The van der Waals surface area contributed by atoms with Gasteiger partial charge in [-0.2, -0.15) is 0 Å². The van der Waals surface area contributed by atoms with Crippen LogP contribution in [0.2, 0.25) is 0 Å². The second kappa shape index (κ2) is 11.7. The summed E-state index contributed by atoms with van der Waals surface area (Å²) in [4.78, 5) is 5.03. The molecule has 232 valence electrons. The molecule has 1 aliphatic rings. The van der Waals surface area contributed by atoms with E-state index in [-0.39, 0.29) is 6.17 Å². The lowest BCUT2D eigenvalue weighted by Gasteiger charge is -2.18. The molecule has 5 nitrogen and oxygen atoms in total. The Bertz CT molecular complexity index is 2500. The number of fused-ring (bicyclic) bond motifs is 10. The van der Waals surface area contributed by atoms with Crippen LogP contribution in [0.25, 0.3) is 55.3 Å². The van der Waals surface area contributed by atoms with Gasteiger partial charge in [0.2, 0.25) is 0 Å². The van der Waals surface area contributed by atoms with E-state index < -0.39 is 0 Å². The summed E-state index contributed by atoms with van der Waals surface area (Å²) >= 11 is 0. The first-order valence-electron chi connectivity index (χ1n) is 16.6. The Kier molecular flexibility index (Phi) is 6.91. The third-order valence-corrected chi connectivity index (χ3v) is 9.54. The van der Waals surface area contributed by atoms with Crippen LogP contribution in [-0.4, -0.2) is 10.4 Å². The summed E-state index contributed by atoms with van der Waals surface area (Å²) in [5.41, 5.74) is 15.3. The summed E-state index contributed by atoms with van der Waals surface area (Å²) in [7, 11) is 0. The number of hydrogen-bond donors (Lipinski definition) is 2. The van der Waals surface area contributed by atoms with Crippen molar-refractivity contribution in [1.29, 1.82) is 0 Å². The molecule has 0 fully saturated rings. The largest absolute Gasteiger partial charge is 0.454 e. The van der Waals surface area contributed by atoms with Gasteiger partial charge in [-0.15, -0.1) is 0 Å². The van der Waals surface area contributed by atoms with Gasteiger partial charge in [-0.25, -0.2) is 0 Å². The number of aryl methyl sites for hydroxylation is 1. The highest BCUT2D eigenvalue weighted by Gasteiger charge is 2.25. The number of nitrogens with two attached hydrogens (primary N) is 1. The molecular weight excluding hydrogens is 589 g/mol. The first-order valence-corrected chi connectivity index (χ1v) is 16.6. The number of nitrogens with one attached hydrogen (secondary N) is 1. The summed E-state index contributed by atoms with van der Waals surface area (Å²) in [6.45, 7) is 0.512. The second-order valence-electron chi connectivity index (χ2n) is 12.4. The normalized spacial score (nSPS) is 13.8. The molecule has 48 heavy (non-hydrogen) atoms. The number of aromatic nitrogens is 1. The Morgan fingerprint density at radius 2 is 1.42 bits per heavy atom. The van der Waals surface area contributed by atoms with Gasteiger partial charge in [0.1, 0.15) is 17.8 Å². The molecule has 0 spiro atoms. The molecule has 1 aliphatic carbocycles. The minimum atomic E-state index is -0.376. The van der Waals surface area contributed by atoms with Crippen LogP contribution < -0.4 is 11.1 Å². The number of amidine groups is 1. The molecule has 1 atom stereocenters. The number of rotatable bonds is 6. The Labute approximate surface area is 278 Å². The maximum Gasteiger partial charge on any atom is 0.160 e. The Balaban J connectivity index is 1.15. The van der Waals surface area contributed by atoms with E-state index in [0.717, 1.165) is 63.4 Å². The zero-order valence-electron chi connectivity index (χ0n) is 26.4. The van der Waals surface area contributed by atoms with Crippen molar-refractivity contribution in [2.45, 2.75) is 25.6 Å². The van der Waals surface area contributed by atoms with Crippen LogP contribution >= 0.6 is 0 Å². The van der Waals surface area contributed by atoms with Gasteiger partial charge < -0.3 is 20.0 Å². The number of benzene rings is 6. The van der Waals surface area contributed by atoms with Crippen molar-refractivity contribution in [3.63, 3.8) is 0 Å². The van der Waals surface area contributed by atoms with Crippen LogP contribution in [0.3, 0.4) is 0 Å². The SMILES string of the molecule is NC(NC(=NCc1ccc(-n2c3ccccc3c3c4ccccc4c4c5c(oc4c32)C=CCC5)cc1)c1ccccc1)c1ccccc1. The standard InChI is InChI=1S/C43H34N4O/c44-42(29-13-3-1-4-14-29)46-43(30-15-5-2-6-16-30)45-27-28-23-25-31(26-24-28)47-36-21-11-9-19-34(36)38-32-17-7-8-18-33(32)39-35-20-10-12-22-37(35)48-41(39)40(38)47/h1-9,11-19,21-26,42H,10,20,27,44H2,(H,45,46). The van der Waals surface area contributed by atoms with Crippen molar-refractivity contribution in [2.75, 3.05) is 0 Å². The first kappa shape index (κ1) is 28.3. The molecule has 0 radical (unpaired) electrons. The fraction of sp³-hybridized carbons (Fsp3) is 0.0930. The Morgan fingerprint density at radius 1 is 0.750 bits per heavy atom. The van der Waals surface area contributed by atoms with Gasteiger partial charge >= 0.3 is 0 Å². The zero-order valence-corrected chi connectivity index (χ0v) is 26.4. The van der Waals surface area contributed by atoms with E-state index in [0.29, 0.717) is 6.54 Å². The highest BCUT2D eigenvalue weighted by atomic mass is 16.3. The van der Waals surface area contributed by atoms with Crippen LogP contribution in [0.15, 0.2) is 149 Å². The fourth-order valence-electron chi connectivity index (χ4n) is 7.28. The van der Waals surface area contributed by atoms with E-state index in [1.807, 2.05) is 48.5 Å². The van der Waals surface area contributed by atoms with Crippen molar-refractivity contribution in [3.8, 4) is 5.69 Å². The van der Waals surface area contributed by atoms with Crippen LogP contribution in [0.1, 0.15) is 40.6 Å². The predicted molar refractivity (Wildman–Crippen MR) is 199 cm³/mol. The Morgan fingerprint density at radius 3 is 2.19 bits per heavy atom. The van der Waals surface area contributed by atoms with Crippen LogP contribution in [0.4, 0.5) is 0 Å². The lowest BCUT2D eigenvalue weighted by atomic mass is 9.94. The quantitative estimate of drug-likeness (QED) is 0.110. The van der Waals surface area contributed by atoms with Crippen molar-refractivity contribution in [1.82, 2.24) is 9.88 Å². The molecule has 5 heteroatoms. The maximum absolute atomic E-state index is 6.76. The number of hydrogen-bond acceptors (Lipinski definition) is 3. The highest BCUT2D eigenvalue weighted by molar-refractivity contribution is 6.31. The van der Waals surface area contributed by atoms with Gasteiger partial charge in [-0.05, 0) is 59.0 Å². The van der Waals surface area contributed by atoms with E-state index in [9.17, 15) is 0 Å². The topological polar surface area (TPSA) is 68.5 Å². The molecule has 0 bridgehead atoms. The lowest BCUT2D eigenvalue weighted by Crippen LogP contribution is -2.34. The molecule has 6 aromatic carbocycles. The number of furan rings is 1. The monoisotopic (exact) mass is 622 g/mol. The van der Waals surface area contributed by atoms with Gasteiger partial charge in [-0.1, -0.05) is 121 Å². The molecular formula is C43H34N4O. The fourth-order valence-corrected chi connectivity index (χ4v) is 7.28. The average molecular weight is 623 g/mol. The third kappa shape index (κ3) is 4.71. The molecule has 9 rings (SSSR count). The van der Waals surface area contributed by atoms with Crippen LogP contribution in [0, 0.1) is 0 Å². The molecule has 0 aliphatic heterocycles. The number of para-hydroxylation sites is 1. The number of aliphatic imine (C=N–C) groups is 1. The summed E-state index contributed by atoms with van der Waals surface area (Å²) in [6.07, 6.45) is 6.00. The molecule has 2 heterocycles. The molecule has 0 saturated heterocycles. The van der Waals surface area contributed by atoms with Gasteiger partial charge in [0.25, 0.3) is 0 Å². The third-order valence-electron chi connectivity index (χ3n) is 9.54. The molecule has 0 saturated carbocycles. The summed E-state index contributed by atoms with van der Waals surface area (Å²) in [5, 5.41) is 9.65. The number of nitrogens with zero attached hydrogens (tertiary/aromatic N) is 2. The molecule has 1 unspecified atom stereocenters. The zero-order chi connectivity index (χ0) is 32.0. The van der Waals surface area contributed by atoms with Crippen LogP contribution in [-0.2, 0) is 13.0 Å². The summed E-state index contributed by atoms with van der Waals surface area (Å²) in [6, 6.07) is 46.4. The van der Waals surface area contributed by atoms with E-state index in [1.54, 1.807) is 0 Å². The number of allylic oxidation sites excluding steroid dienone is 1. The Hall–Kier alpha value is -5.91. The molecule has 0 amide bonds. The molecule has 2 aromatic heterocycles. The van der Waals surface area contributed by atoms with Gasteiger partial charge in [0.05, 0.1) is 17.6 Å². The first-order chi connectivity index (χ1) is 23.7. The van der Waals surface area contributed by atoms with Crippen molar-refractivity contribution < 1.29 is 4.42 Å². The van der Waals surface area contributed by atoms with Crippen molar-refractivity contribution >= 4 is 55.5 Å². The molecule has 3 N–H and O–H groups in total. The van der Waals surface area contributed by atoms with E-state index in [2.05, 4.69) is 107 Å². The second-order valence-corrected chi connectivity index (χ2v) is 12.4. The minimum Gasteiger partial charge on any atom is -0.454 e. The van der Waals surface area contributed by atoms with Crippen molar-refractivity contribution in [2.24, 2.45) is 10.7 Å². The highest BCUT2D eigenvalue weighted by Crippen LogP contribution is 2.45. The van der Waals surface area contributed by atoms with E-state index in [1.165, 1.54) is 32.5 Å². The minimum absolute atomic E-state index is 0.376. The maximum atomic E-state index is 6.76. The smallest absolute Gasteiger partial charge is 0.160 e. The van der Waals surface area contributed by atoms with Gasteiger partial charge in [-0.3, -0.25) is 4.99 Å². The van der Waals surface area contributed by atoms with E-state index in [4.69, 9.17) is 15.1 Å². The van der Waals surface area contributed by atoms with Crippen molar-refractivity contribution in [3.05, 3.63) is 168 Å². The lowest BCUT2D eigenvalue weighted by molar-refractivity contribution is 0.597.